The third kappa shape index (κ3) is 2.12. The number of amides is 2. The Hall–Kier alpha value is -2.96. The normalized spacial score (nSPS) is 19.5. The molecule has 1 atom stereocenters. The van der Waals surface area contributed by atoms with Crippen molar-refractivity contribution in [2.75, 3.05) is 0 Å². The molecule has 0 saturated heterocycles. The molecule has 0 bridgehead atoms. The molecule has 0 spiro atoms. The number of carbonyl (C=O) groups excluding carboxylic acids is 3. The van der Waals surface area contributed by atoms with E-state index in [2.05, 4.69) is 9.97 Å². The molecule has 0 radical (unpaired) electrons. The summed E-state index contributed by atoms with van der Waals surface area (Å²) in [6, 6.07) is 6.41. The number of nitrogens with one attached hydrogen (secondary N) is 1. The number of benzene rings is 1. The van der Waals surface area contributed by atoms with Crippen molar-refractivity contribution in [2.24, 2.45) is 5.92 Å². The van der Waals surface area contributed by atoms with E-state index in [0.717, 1.165) is 11.4 Å². The van der Waals surface area contributed by atoms with Gasteiger partial charge in [-0.3, -0.25) is 9.59 Å². The average molecular weight is 311 g/mol. The van der Waals surface area contributed by atoms with Crippen LogP contribution in [0.4, 0.5) is 0 Å². The summed E-state index contributed by atoms with van der Waals surface area (Å²) in [5.74, 6) is -2.17. The predicted molar refractivity (Wildman–Crippen MR) is 77.1 cm³/mol. The van der Waals surface area contributed by atoms with E-state index >= 15 is 0 Å². The largest absolute Gasteiger partial charge is 0.348 e. The lowest BCUT2D eigenvalue weighted by Crippen LogP contribution is -2.36. The molecular weight excluding hydrogens is 298 g/mol. The summed E-state index contributed by atoms with van der Waals surface area (Å²) in [6.07, 6.45) is 3.32. The number of aromatic amines is 1. The van der Waals surface area contributed by atoms with Crippen LogP contribution < -0.4 is 0 Å². The molecule has 7 heteroatoms. The van der Waals surface area contributed by atoms with Crippen molar-refractivity contribution in [1.82, 2.24) is 15.0 Å². The topological polar surface area (TPSA) is 92.4 Å². The van der Waals surface area contributed by atoms with Crippen LogP contribution in [0.25, 0.3) is 0 Å². The first kappa shape index (κ1) is 13.7. The van der Waals surface area contributed by atoms with Gasteiger partial charge in [0.05, 0.1) is 29.1 Å². The smallest absolute Gasteiger partial charge is 0.336 e. The van der Waals surface area contributed by atoms with Crippen LogP contribution in [0.3, 0.4) is 0 Å². The quantitative estimate of drug-likeness (QED) is 0.843. The van der Waals surface area contributed by atoms with E-state index in [0.29, 0.717) is 24.3 Å². The summed E-state index contributed by atoms with van der Waals surface area (Å²) in [7, 11) is 0. The van der Waals surface area contributed by atoms with Gasteiger partial charge in [0.15, 0.2) is 0 Å². The number of imide groups is 1. The number of fused-ring (bicyclic) bond motifs is 2. The number of aromatic nitrogens is 2. The van der Waals surface area contributed by atoms with E-state index < -0.39 is 23.7 Å². The average Bonchev–Trinajstić information content (AvgIpc) is 3.13. The number of H-pyrrole nitrogens is 1. The highest BCUT2D eigenvalue weighted by atomic mass is 16.7. The van der Waals surface area contributed by atoms with Gasteiger partial charge in [0.1, 0.15) is 0 Å². The Bertz CT molecular complexity index is 791. The van der Waals surface area contributed by atoms with E-state index in [1.807, 2.05) is 0 Å². The first-order valence-electron chi connectivity index (χ1n) is 7.36. The second-order valence-corrected chi connectivity index (χ2v) is 5.63. The minimum absolute atomic E-state index is 0.254. The highest BCUT2D eigenvalue weighted by Crippen LogP contribution is 2.27. The van der Waals surface area contributed by atoms with Crippen LogP contribution >= 0.6 is 0 Å². The Morgan fingerprint density at radius 3 is 2.61 bits per heavy atom. The van der Waals surface area contributed by atoms with Gasteiger partial charge in [-0.05, 0) is 25.0 Å². The molecule has 1 unspecified atom stereocenters. The van der Waals surface area contributed by atoms with Crippen LogP contribution in [0.15, 0.2) is 30.6 Å². The summed E-state index contributed by atoms with van der Waals surface area (Å²) in [5, 5.41) is 0.565. The van der Waals surface area contributed by atoms with Gasteiger partial charge in [-0.15, -0.1) is 0 Å². The monoisotopic (exact) mass is 311 g/mol. The fraction of sp³-hybridized carbons (Fsp3) is 0.250. The van der Waals surface area contributed by atoms with E-state index in [1.165, 1.54) is 0 Å². The van der Waals surface area contributed by atoms with E-state index in [1.54, 1.807) is 30.6 Å². The number of hydrogen-bond donors (Lipinski definition) is 1. The van der Waals surface area contributed by atoms with Gasteiger partial charge in [-0.1, -0.05) is 17.2 Å². The second-order valence-electron chi connectivity index (χ2n) is 5.63. The number of imidazole rings is 1. The summed E-state index contributed by atoms with van der Waals surface area (Å²) >= 11 is 0. The van der Waals surface area contributed by atoms with Crippen LogP contribution in [0.2, 0.25) is 0 Å². The highest BCUT2D eigenvalue weighted by molar-refractivity contribution is 6.20. The predicted octanol–water partition coefficient (Wildman–Crippen LogP) is 1.27. The molecule has 2 amide bonds. The maximum Gasteiger partial charge on any atom is 0.336 e. The standard InChI is InChI=1S/C16H13N3O4/c20-14-10-3-1-2-4-11(10)15(21)19(14)23-16(22)9-5-6-12-13(7-9)18-8-17-12/h1-4,8-9H,5-7H2,(H,17,18). The van der Waals surface area contributed by atoms with Gasteiger partial charge < -0.3 is 9.82 Å². The minimum Gasteiger partial charge on any atom is -0.348 e. The molecular formula is C16H13N3O4. The molecule has 1 N–H and O–H groups in total. The van der Waals surface area contributed by atoms with Crippen molar-refractivity contribution < 1.29 is 19.2 Å². The number of rotatable bonds is 2. The number of aryl methyl sites for hydroxylation is 1. The first-order valence-corrected chi connectivity index (χ1v) is 7.36. The zero-order valence-corrected chi connectivity index (χ0v) is 12.1. The Morgan fingerprint density at radius 2 is 1.91 bits per heavy atom. The molecule has 0 fully saturated rings. The van der Waals surface area contributed by atoms with Crippen molar-refractivity contribution in [3.63, 3.8) is 0 Å². The maximum atomic E-state index is 12.3. The molecule has 0 saturated carbocycles. The van der Waals surface area contributed by atoms with E-state index in [4.69, 9.17) is 4.84 Å². The highest BCUT2D eigenvalue weighted by Gasteiger charge is 2.40. The van der Waals surface area contributed by atoms with Crippen molar-refractivity contribution in [2.45, 2.75) is 19.3 Å². The van der Waals surface area contributed by atoms with E-state index in [9.17, 15) is 14.4 Å². The molecule has 1 aromatic heterocycles. The summed E-state index contributed by atoms with van der Waals surface area (Å²) in [5.41, 5.74) is 2.37. The van der Waals surface area contributed by atoms with E-state index in [-0.39, 0.29) is 11.1 Å². The molecule has 23 heavy (non-hydrogen) atoms. The lowest BCUT2D eigenvalue weighted by atomic mass is 9.90. The molecule has 1 aliphatic carbocycles. The fourth-order valence-electron chi connectivity index (χ4n) is 3.02. The lowest BCUT2D eigenvalue weighted by molar-refractivity contribution is -0.174. The zero-order valence-electron chi connectivity index (χ0n) is 12.1. The van der Waals surface area contributed by atoms with Crippen molar-refractivity contribution in [3.8, 4) is 0 Å². The Labute approximate surface area is 131 Å². The van der Waals surface area contributed by atoms with Crippen LogP contribution in [0, 0.1) is 5.92 Å². The van der Waals surface area contributed by atoms with Gasteiger partial charge in [-0.2, -0.15) is 0 Å². The molecule has 1 aromatic carbocycles. The fourth-order valence-corrected chi connectivity index (χ4v) is 3.02. The number of carbonyl (C=O) groups is 3. The first-order chi connectivity index (χ1) is 11.1. The van der Waals surface area contributed by atoms with Crippen LogP contribution in [-0.2, 0) is 22.5 Å². The number of nitrogens with zero attached hydrogens (tertiary/aromatic N) is 2. The van der Waals surface area contributed by atoms with Gasteiger partial charge in [0.2, 0.25) is 0 Å². The van der Waals surface area contributed by atoms with Crippen LogP contribution in [0.1, 0.15) is 38.5 Å². The number of hydrogen-bond acceptors (Lipinski definition) is 5. The second kappa shape index (κ2) is 5.05. The molecule has 4 rings (SSSR count). The molecule has 116 valence electrons. The van der Waals surface area contributed by atoms with Crippen molar-refractivity contribution in [1.29, 1.82) is 0 Å². The summed E-state index contributed by atoms with van der Waals surface area (Å²) in [6.45, 7) is 0. The number of hydroxylamine groups is 2. The summed E-state index contributed by atoms with van der Waals surface area (Å²) < 4.78 is 0. The van der Waals surface area contributed by atoms with Crippen LogP contribution in [-0.4, -0.2) is 32.8 Å². The molecule has 2 aromatic rings. The molecule has 2 aliphatic rings. The van der Waals surface area contributed by atoms with Gasteiger partial charge >= 0.3 is 5.97 Å². The maximum absolute atomic E-state index is 12.3. The minimum atomic E-state index is -0.600. The Kier molecular flexibility index (Phi) is 3.00. The summed E-state index contributed by atoms with van der Waals surface area (Å²) in [4.78, 5) is 49.0. The van der Waals surface area contributed by atoms with Crippen molar-refractivity contribution in [3.05, 3.63) is 53.1 Å². The molecule has 2 heterocycles. The van der Waals surface area contributed by atoms with Gasteiger partial charge in [0, 0.05) is 12.1 Å². The molecule has 7 nitrogen and oxygen atoms in total. The van der Waals surface area contributed by atoms with Crippen molar-refractivity contribution >= 4 is 17.8 Å². The Morgan fingerprint density at radius 1 is 1.22 bits per heavy atom. The van der Waals surface area contributed by atoms with Gasteiger partial charge in [-0.25, -0.2) is 9.78 Å². The van der Waals surface area contributed by atoms with Gasteiger partial charge in [0.25, 0.3) is 11.8 Å². The third-order valence-corrected chi connectivity index (χ3v) is 4.26. The lowest BCUT2D eigenvalue weighted by Gasteiger charge is -2.21. The molecule has 1 aliphatic heterocycles. The SMILES string of the molecule is O=C(ON1C(=O)c2ccccc2C1=O)C1CCc2nc[nH]c2C1. The zero-order chi connectivity index (χ0) is 16.0. The Balaban J connectivity index is 1.50. The third-order valence-electron chi connectivity index (χ3n) is 4.26. The van der Waals surface area contributed by atoms with Crippen LogP contribution in [0.5, 0.6) is 0 Å².